The molecule has 0 bridgehead atoms. The number of nitrogens with one attached hydrogen (secondary N) is 1. The molecule has 0 amide bonds. The molecular weight excluding hydrogens is 226 g/mol. The number of hydrogen-bond donors (Lipinski definition) is 2. The monoisotopic (exact) mass is 239 g/mol. The molecule has 2 rings (SSSR count). The first kappa shape index (κ1) is 11.4. The van der Waals surface area contributed by atoms with E-state index in [9.17, 15) is 4.79 Å². The van der Waals surface area contributed by atoms with Gasteiger partial charge in [0.25, 0.3) is 0 Å². The summed E-state index contributed by atoms with van der Waals surface area (Å²) in [5.41, 5.74) is 6.12. The number of nitrogens with two attached hydrogens (primary N) is 1. The van der Waals surface area contributed by atoms with Crippen molar-refractivity contribution in [2.24, 2.45) is 11.8 Å². The summed E-state index contributed by atoms with van der Waals surface area (Å²) in [6.45, 7) is 3.70. The molecule has 1 atom stereocenters. The third-order valence-electron chi connectivity index (χ3n) is 3.08. The summed E-state index contributed by atoms with van der Waals surface area (Å²) in [5, 5.41) is 3.59. The molecule has 1 aromatic rings. The van der Waals surface area contributed by atoms with Crippen molar-refractivity contribution in [3.05, 3.63) is 22.8 Å². The van der Waals surface area contributed by atoms with Crippen molar-refractivity contribution < 1.29 is 4.79 Å². The van der Waals surface area contributed by atoms with E-state index in [1.54, 1.807) is 6.07 Å². The number of pyridine rings is 1. The van der Waals surface area contributed by atoms with Gasteiger partial charge in [-0.1, -0.05) is 18.5 Å². The van der Waals surface area contributed by atoms with Crippen molar-refractivity contribution in [3.8, 4) is 0 Å². The number of aromatic nitrogens is 1. The van der Waals surface area contributed by atoms with Gasteiger partial charge in [-0.2, -0.15) is 0 Å². The number of nitrogens with zero attached hydrogens (tertiary/aromatic N) is 1. The van der Waals surface area contributed by atoms with E-state index in [0.717, 1.165) is 13.1 Å². The van der Waals surface area contributed by atoms with Crippen LogP contribution in [0.1, 0.15) is 17.3 Å². The lowest BCUT2D eigenvalue weighted by molar-refractivity contribution is 0.0854. The molecule has 0 spiro atoms. The van der Waals surface area contributed by atoms with Crippen molar-refractivity contribution in [2.75, 3.05) is 18.8 Å². The van der Waals surface area contributed by atoms with E-state index in [-0.39, 0.29) is 17.5 Å². The van der Waals surface area contributed by atoms with Gasteiger partial charge in [-0.3, -0.25) is 4.79 Å². The first-order valence-electron chi connectivity index (χ1n) is 5.25. The van der Waals surface area contributed by atoms with Crippen LogP contribution in [-0.4, -0.2) is 23.9 Å². The number of carbonyl (C=O) groups excluding carboxylic acids is 1. The first-order chi connectivity index (χ1) is 7.59. The molecule has 1 aromatic heterocycles. The Bertz CT molecular complexity index is 418. The van der Waals surface area contributed by atoms with Gasteiger partial charge in [0, 0.05) is 12.1 Å². The Labute approximate surface area is 99.2 Å². The van der Waals surface area contributed by atoms with Crippen LogP contribution in [0.2, 0.25) is 5.02 Å². The maximum atomic E-state index is 12.1. The fraction of sp³-hybridized carbons (Fsp3) is 0.455. The summed E-state index contributed by atoms with van der Waals surface area (Å²) in [5.74, 6) is 0.641. The predicted molar refractivity (Wildman–Crippen MR) is 63.5 cm³/mol. The molecule has 86 valence electrons. The van der Waals surface area contributed by atoms with Crippen LogP contribution in [0, 0.1) is 11.8 Å². The standard InChI is InChI=1S/C11H14ClN3O/c1-6(7-3-14-4-7)10(16)9-2-8(12)5-15-11(9)13/h2,5-7,14H,3-4H2,1H3,(H2,13,15). The van der Waals surface area contributed by atoms with E-state index in [0.29, 0.717) is 16.5 Å². The minimum absolute atomic E-state index is 0.0269. The van der Waals surface area contributed by atoms with E-state index in [2.05, 4.69) is 10.3 Å². The Hall–Kier alpha value is -1.13. The fourth-order valence-corrected chi connectivity index (χ4v) is 1.93. The maximum absolute atomic E-state index is 12.1. The third-order valence-corrected chi connectivity index (χ3v) is 3.29. The third kappa shape index (κ3) is 2.03. The zero-order valence-electron chi connectivity index (χ0n) is 9.03. The van der Waals surface area contributed by atoms with Crippen LogP contribution in [-0.2, 0) is 0 Å². The van der Waals surface area contributed by atoms with Crippen LogP contribution in [0.5, 0.6) is 0 Å². The molecule has 0 saturated carbocycles. The lowest BCUT2D eigenvalue weighted by atomic mass is 9.83. The molecule has 1 aliphatic heterocycles. The van der Waals surface area contributed by atoms with E-state index in [4.69, 9.17) is 17.3 Å². The number of nitrogen functional groups attached to an aromatic ring is 1. The predicted octanol–water partition coefficient (Wildman–Crippen LogP) is 1.36. The molecule has 0 aliphatic carbocycles. The van der Waals surface area contributed by atoms with Gasteiger partial charge in [0.1, 0.15) is 5.82 Å². The summed E-state index contributed by atoms with van der Waals surface area (Å²) in [7, 11) is 0. The van der Waals surface area contributed by atoms with Crippen molar-refractivity contribution >= 4 is 23.2 Å². The molecule has 0 radical (unpaired) electrons. The zero-order valence-corrected chi connectivity index (χ0v) is 9.79. The normalized spacial score (nSPS) is 17.9. The van der Waals surface area contributed by atoms with Crippen molar-refractivity contribution in [1.82, 2.24) is 10.3 Å². The average molecular weight is 240 g/mol. The molecule has 5 heteroatoms. The van der Waals surface area contributed by atoms with Crippen molar-refractivity contribution in [2.45, 2.75) is 6.92 Å². The second-order valence-electron chi connectivity index (χ2n) is 4.16. The highest BCUT2D eigenvalue weighted by Gasteiger charge is 2.30. The Morgan fingerprint density at radius 1 is 1.69 bits per heavy atom. The van der Waals surface area contributed by atoms with Crippen LogP contribution >= 0.6 is 11.6 Å². The number of Topliss-reactive ketones (excluding diaryl/α,β-unsaturated/α-hetero) is 1. The topological polar surface area (TPSA) is 68.0 Å². The summed E-state index contributed by atoms with van der Waals surface area (Å²) in [4.78, 5) is 16.0. The molecule has 3 N–H and O–H groups in total. The largest absolute Gasteiger partial charge is 0.383 e. The lowest BCUT2D eigenvalue weighted by Gasteiger charge is -2.31. The van der Waals surface area contributed by atoms with Gasteiger partial charge in [-0.05, 0) is 25.1 Å². The van der Waals surface area contributed by atoms with Crippen LogP contribution in [0.25, 0.3) is 0 Å². The summed E-state index contributed by atoms with van der Waals surface area (Å²) in [6, 6.07) is 1.59. The molecule has 1 fully saturated rings. The number of hydrogen-bond acceptors (Lipinski definition) is 4. The van der Waals surface area contributed by atoms with Gasteiger partial charge in [-0.15, -0.1) is 0 Å². The smallest absolute Gasteiger partial charge is 0.169 e. The SMILES string of the molecule is CC(C(=O)c1cc(Cl)cnc1N)C1CNC1. The van der Waals surface area contributed by atoms with Gasteiger partial charge in [0.05, 0.1) is 10.6 Å². The van der Waals surface area contributed by atoms with Crippen LogP contribution in [0.4, 0.5) is 5.82 Å². The van der Waals surface area contributed by atoms with Crippen LogP contribution < -0.4 is 11.1 Å². The van der Waals surface area contributed by atoms with E-state index >= 15 is 0 Å². The molecular formula is C11H14ClN3O. The number of rotatable bonds is 3. The Balaban J connectivity index is 2.22. The van der Waals surface area contributed by atoms with Crippen molar-refractivity contribution in [3.63, 3.8) is 0 Å². The van der Waals surface area contributed by atoms with Crippen LogP contribution in [0.3, 0.4) is 0 Å². The number of ketones is 1. The highest BCUT2D eigenvalue weighted by molar-refractivity contribution is 6.31. The quantitative estimate of drug-likeness (QED) is 0.782. The molecule has 4 nitrogen and oxygen atoms in total. The Kier molecular flexibility index (Phi) is 3.12. The number of carbonyl (C=O) groups is 1. The molecule has 2 heterocycles. The minimum atomic E-state index is -0.0381. The van der Waals surface area contributed by atoms with Gasteiger partial charge >= 0.3 is 0 Å². The zero-order chi connectivity index (χ0) is 11.7. The highest BCUT2D eigenvalue weighted by Crippen LogP contribution is 2.24. The molecule has 1 aliphatic rings. The van der Waals surface area contributed by atoms with Gasteiger partial charge < -0.3 is 11.1 Å². The van der Waals surface area contributed by atoms with E-state index < -0.39 is 0 Å². The van der Waals surface area contributed by atoms with Gasteiger partial charge in [0.15, 0.2) is 5.78 Å². The van der Waals surface area contributed by atoms with Crippen LogP contribution in [0.15, 0.2) is 12.3 Å². The Morgan fingerprint density at radius 3 is 2.94 bits per heavy atom. The molecule has 1 saturated heterocycles. The van der Waals surface area contributed by atoms with E-state index in [1.807, 2.05) is 6.92 Å². The molecule has 16 heavy (non-hydrogen) atoms. The summed E-state index contributed by atoms with van der Waals surface area (Å²) < 4.78 is 0. The van der Waals surface area contributed by atoms with E-state index in [1.165, 1.54) is 6.20 Å². The second kappa shape index (κ2) is 4.39. The second-order valence-corrected chi connectivity index (χ2v) is 4.59. The molecule has 0 aromatic carbocycles. The average Bonchev–Trinajstić information content (AvgIpc) is 2.18. The first-order valence-corrected chi connectivity index (χ1v) is 5.63. The number of halogens is 1. The summed E-state index contributed by atoms with van der Waals surface area (Å²) in [6.07, 6.45) is 1.45. The van der Waals surface area contributed by atoms with Gasteiger partial charge in [0.2, 0.25) is 0 Å². The van der Waals surface area contributed by atoms with Gasteiger partial charge in [-0.25, -0.2) is 4.98 Å². The van der Waals surface area contributed by atoms with Crippen molar-refractivity contribution in [1.29, 1.82) is 0 Å². The maximum Gasteiger partial charge on any atom is 0.169 e. The highest BCUT2D eigenvalue weighted by atomic mass is 35.5. The molecule has 1 unspecified atom stereocenters. The number of anilines is 1. The summed E-state index contributed by atoms with van der Waals surface area (Å²) >= 11 is 5.81. The minimum Gasteiger partial charge on any atom is -0.383 e. The Morgan fingerprint density at radius 2 is 2.38 bits per heavy atom. The fourth-order valence-electron chi connectivity index (χ4n) is 1.77. The lowest BCUT2D eigenvalue weighted by Crippen LogP contribution is -2.47.